The lowest BCUT2D eigenvalue weighted by Gasteiger charge is -1.87. The first kappa shape index (κ1) is 7.83. The van der Waals surface area contributed by atoms with Gasteiger partial charge in [-0.3, -0.25) is 0 Å². The van der Waals surface area contributed by atoms with Crippen molar-refractivity contribution < 1.29 is 10.2 Å². The van der Waals surface area contributed by atoms with Gasteiger partial charge in [0.1, 0.15) is 12.1 Å². The van der Waals surface area contributed by atoms with E-state index in [1.54, 1.807) is 0 Å². The van der Waals surface area contributed by atoms with E-state index < -0.39 is 0 Å². The van der Waals surface area contributed by atoms with Crippen molar-refractivity contribution in [3.8, 4) is 0 Å². The van der Waals surface area contributed by atoms with Crippen molar-refractivity contribution >= 4 is 26.9 Å². The molecule has 0 bridgehead atoms. The van der Waals surface area contributed by atoms with E-state index in [-0.39, 0.29) is 0 Å². The maximum atomic E-state index is 5.49. The third-order valence-electron chi connectivity index (χ3n) is 1.78. The summed E-state index contributed by atoms with van der Waals surface area (Å²) < 4.78 is 6.56. The lowest BCUT2D eigenvalue weighted by atomic mass is 10.2. The van der Waals surface area contributed by atoms with Crippen molar-refractivity contribution in [3.05, 3.63) is 34.5 Å². The van der Waals surface area contributed by atoms with E-state index in [4.69, 9.17) is 4.42 Å². The number of hydrogen-bond acceptors (Lipinski definition) is 1. The fourth-order valence-electron chi connectivity index (χ4n) is 1.19. The van der Waals surface area contributed by atoms with Crippen LogP contribution in [0.5, 0.6) is 0 Å². The maximum absolute atomic E-state index is 5.49. The van der Waals surface area contributed by atoms with Gasteiger partial charge in [-0.25, -0.2) is 0 Å². The number of furan rings is 1. The molecule has 2 rings (SSSR count). The second-order valence-electron chi connectivity index (χ2n) is 2.64. The Morgan fingerprint density at radius 1 is 1.33 bits per heavy atom. The maximum Gasteiger partial charge on any atom is 0.159 e. The Labute approximate surface area is 78.5 Å². The minimum absolute atomic E-state index is 0.701. The van der Waals surface area contributed by atoms with Crippen LogP contribution in [0.1, 0.15) is 5.76 Å². The van der Waals surface area contributed by atoms with Gasteiger partial charge in [0.05, 0.1) is 0 Å². The molecule has 0 spiro atoms. The average Bonchev–Trinajstić information content (AvgIpc) is 2.46. The van der Waals surface area contributed by atoms with Crippen molar-refractivity contribution in [2.75, 3.05) is 0 Å². The molecule has 0 saturated carbocycles. The van der Waals surface area contributed by atoms with Gasteiger partial charge in [0.2, 0.25) is 0 Å². The van der Waals surface area contributed by atoms with Gasteiger partial charge in [0, 0.05) is 9.86 Å². The number of halogens is 1. The van der Waals surface area contributed by atoms with Crippen LogP contribution in [0, 0.1) is 0 Å². The molecule has 0 saturated heterocycles. The molecule has 2 nitrogen and oxygen atoms in total. The Morgan fingerprint density at radius 3 is 2.92 bits per heavy atom. The summed E-state index contributed by atoms with van der Waals surface area (Å²) in [6.07, 6.45) is 0. The highest BCUT2D eigenvalue weighted by Crippen LogP contribution is 2.22. The van der Waals surface area contributed by atoms with Crippen molar-refractivity contribution in [1.82, 2.24) is 0 Å². The van der Waals surface area contributed by atoms with Gasteiger partial charge >= 0.3 is 0 Å². The second-order valence-corrected chi connectivity index (χ2v) is 3.56. The molecule has 0 amide bonds. The van der Waals surface area contributed by atoms with E-state index in [0.717, 1.165) is 21.2 Å². The highest BCUT2D eigenvalue weighted by molar-refractivity contribution is 9.10. The van der Waals surface area contributed by atoms with Gasteiger partial charge in [0.15, 0.2) is 5.76 Å². The van der Waals surface area contributed by atoms with E-state index in [1.165, 1.54) is 0 Å². The molecule has 0 unspecified atom stereocenters. The topological polar surface area (TPSA) is 40.8 Å². The summed E-state index contributed by atoms with van der Waals surface area (Å²) in [5, 5.41) is 1.13. The standard InChI is InChI=1S/C9H8BrNO/c10-7-1-2-9-6(3-7)4-8(5-11)12-9/h1-4H,5,11H2/p+1. The third-order valence-corrected chi connectivity index (χ3v) is 2.27. The van der Waals surface area contributed by atoms with E-state index in [2.05, 4.69) is 21.7 Å². The molecule has 3 N–H and O–H groups in total. The lowest BCUT2D eigenvalue weighted by Crippen LogP contribution is -2.47. The summed E-state index contributed by atoms with van der Waals surface area (Å²) in [5.74, 6) is 0.933. The van der Waals surface area contributed by atoms with Crippen molar-refractivity contribution in [3.63, 3.8) is 0 Å². The molecule has 0 aliphatic heterocycles. The minimum atomic E-state index is 0.701. The quantitative estimate of drug-likeness (QED) is 0.794. The Morgan fingerprint density at radius 2 is 2.17 bits per heavy atom. The summed E-state index contributed by atoms with van der Waals surface area (Å²) >= 11 is 3.41. The van der Waals surface area contributed by atoms with Gasteiger partial charge in [-0.05, 0) is 24.3 Å². The second kappa shape index (κ2) is 2.92. The summed E-state index contributed by atoms with van der Waals surface area (Å²) in [5.41, 5.74) is 4.70. The molecular weight excluding hydrogens is 218 g/mol. The normalized spacial score (nSPS) is 10.8. The molecule has 0 fully saturated rings. The van der Waals surface area contributed by atoms with Crippen LogP contribution in [0.15, 0.2) is 33.2 Å². The monoisotopic (exact) mass is 226 g/mol. The SMILES string of the molecule is [NH3+]Cc1cc2cc(Br)ccc2o1. The Hall–Kier alpha value is -0.800. The van der Waals surface area contributed by atoms with Crippen LogP contribution in [0.3, 0.4) is 0 Å². The number of hydrogen-bond donors (Lipinski definition) is 1. The van der Waals surface area contributed by atoms with Gasteiger partial charge in [0.25, 0.3) is 0 Å². The van der Waals surface area contributed by atoms with Gasteiger partial charge in [-0.1, -0.05) is 15.9 Å². The van der Waals surface area contributed by atoms with Crippen LogP contribution in [-0.4, -0.2) is 0 Å². The summed E-state index contributed by atoms with van der Waals surface area (Å²) in [7, 11) is 0. The van der Waals surface area contributed by atoms with E-state index in [0.29, 0.717) is 6.54 Å². The van der Waals surface area contributed by atoms with E-state index in [9.17, 15) is 0 Å². The zero-order chi connectivity index (χ0) is 8.55. The molecule has 0 aliphatic rings. The van der Waals surface area contributed by atoms with Crippen molar-refractivity contribution in [2.24, 2.45) is 0 Å². The molecule has 2 aromatic rings. The molecule has 1 heterocycles. The zero-order valence-corrected chi connectivity index (χ0v) is 8.10. The minimum Gasteiger partial charge on any atom is -0.455 e. The number of fused-ring (bicyclic) bond motifs is 1. The van der Waals surface area contributed by atoms with E-state index in [1.807, 2.05) is 24.3 Å². The zero-order valence-electron chi connectivity index (χ0n) is 6.51. The summed E-state index contributed by atoms with van der Waals surface area (Å²) in [4.78, 5) is 0. The Bertz CT molecular complexity index is 408. The molecular formula is C9H9BrNO+. The molecule has 0 atom stereocenters. The van der Waals surface area contributed by atoms with Crippen LogP contribution in [-0.2, 0) is 6.54 Å². The number of rotatable bonds is 1. The van der Waals surface area contributed by atoms with Crippen molar-refractivity contribution in [2.45, 2.75) is 6.54 Å². The molecule has 12 heavy (non-hydrogen) atoms. The number of benzene rings is 1. The van der Waals surface area contributed by atoms with Gasteiger partial charge < -0.3 is 10.2 Å². The molecule has 62 valence electrons. The summed E-state index contributed by atoms with van der Waals surface area (Å²) in [6, 6.07) is 7.99. The molecule has 0 aliphatic carbocycles. The first-order chi connectivity index (χ1) is 5.79. The first-order valence-electron chi connectivity index (χ1n) is 3.77. The number of quaternary nitrogens is 1. The smallest absolute Gasteiger partial charge is 0.159 e. The van der Waals surface area contributed by atoms with Crippen LogP contribution in [0.4, 0.5) is 0 Å². The predicted octanol–water partition coefficient (Wildman–Crippen LogP) is 1.94. The molecule has 1 aromatic heterocycles. The Kier molecular flexibility index (Phi) is 1.90. The Balaban J connectivity index is 2.67. The van der Waals surface area contributed by atoms with Gasteiger partial charge in [-0.15, -0.1) is 0 Å². The average molecular weight is 227 g/mol. The molecule has 3 heteroatoms. The van der Waals surface area contributed by atoms with Crippen molar-refractivity contribution in [1.29, 1.82) is 0 Å². The lowest BCUT2D eigenvalue weighted by molar-refractivity contribution is -0.390. The fraction of sp³-hybridized carbons (Fsp3) is 0.111. The van der Waals surface area contributed by atoms with E-state index >= 15 is 0 Å². The van der Waals surface area contributed by atoms with Crippen LogP contribution in [0.2, 0.25) is 0 Å². The van der Waals surface area contributed by atoms with Gasteiger partial charge in [-0.2, -0.15) is 0 Å². The predicted molar refractivity (Wildman–Crippen MR) is 50.5 cm³/mol. The highest BCUT2D eigenvalue weighted by atomic mass is 79.9. The summed E-state index contributed by atoms with van der Waals surface area (Å²) in [6.45, 7) is 0.701. The third kappa shape index (κ3) is 1.26. The van der Waals surface area contributed by atoms with Crippen LogP contribution < -0.4 is 5.73 Å². The largest absolute Gasteiger partial charge is 0.455 e. The fourth-order valence-corrected chi connectivity index (χ4v) is 1.57. The van der Waals surface area contributed by atoms with Crippen LogP contribution >= 0.6 is 15.9 Å². The highest BCUT2D eigenvalue weighted by Gasteiger charge is 2.02. The first-order valence-corrected chi connectivity index (χ1v) is 4.56. The molecule has 0 radical (unpaired) electrons. The molecule has 1 aromatic carbocycles. The van der Waals surface area contributed by atoms with Crippen LogP contribution in [0.25, 0.3) is 11.0 Å².